The summed E-state index contributed by atoms with van der Waals surface area (Å²) in [4.78, 5) is 29.4. The Kier molecular flexibility index (Phi) is 7.69. The van der Waals surface area contributed by atoms with Crippen molar-refractivity contribution in [1.29, 1.82) is 0 Å². The molecule has 1 aliphatic heterocycles. The molecule has 0 saturated carbocycles. The second-order valence-electron chi connectivity index (χ2n) is 9.57. The summed E-state index contributed by atoms with van der Waals surface area (Å²) in [6.07, 6.45) is 0.360. The van der Waals surface area contributed by atoms with Crippen LogP contribution < -0.4 is 0 Å². The minimum atomic E-state index is -1.19. The molecule has 4 aromatic rings. The SMILES string of the molecule is C=C1C(=O)N(C)C(Cc2ccccc2)(SSC(c2ccccc2)(c2ccccc2)c2ccccc2)C(=O)N1C. The van der Waals surface area contributed by atoms with Gasteiger partial charge in [0, 0.05) is 20.5 Å². The second kappa shape index (κ2) is 11.2. The lowest BCUT2D eigenvalue weighted by atomic mass is 9.84. The van der Waals surface area contributed by atoms with Crippen LogP contribution in [0, 0.1) is 0 Å². The molecule has 1 fully saturated rings. The van der Waals surface area contributed by atoms with E-state index in [9.17, 15) is 9.59 Å². The van der Waals surface area contributed by atoms with Crippen LogP contribution in [0.2, 0.25) is 0 Å². The molecular weight excluding hydrogens is 521 g/mol. The van der Waals surface area contributed by atoms with Crippen LogP contribution in [-0.4, -0.2) is 40.6 Å². The average Bonchev–Trinajstić information content (AvgIpc) is 3.00. The zero-order valence-corrected chi connectivity index (χ0v) is 23.6. The zero-order valence-electron chi connectivity index (χ0n) is 22.0. The first-order valence-corrected chi connectivity index (χ1v) is 14.9. The van der Waals surface area contributed by atoms with Crippen molar-refractivity contribution in [3.05, 3.63) is 156 Å². The van der Waals surface area contributed by atoms with Crippen molar-refractivity contribution >= 4 is 33.4 Å². The van der Waals surface area contributed by atoms with Crippen LogP contribution in [-0.2, 0) is 20.8 Å². The Morgan fingerprint density at radius 2 is 1.10 bits per heavy atom. The fourth-order valence-corrected chi connectivity index (χ4v) is 8.98. The molecule has 39 heavy (non-hydrogen) atoms. The summed E-state index contributed by atoms with van der Waals surface area (Å²) >= 11 is 0. The van der Waals surface area contributed by atoms with E-state index in [1.54, 1.807) is 29.8 Å². The number of rotatable bonds is 8. The van der Waals surface area contributed by atoms with E-state index in [1.807, 2.05) is 84.9 Å². The predicted octanol–water partition coefficient (Wildman–Crippen LogP) is 6.74. The molecule has 1 heterocycles. The molecular formula is C33H30N2O2S2. The molecule has 1 atom stereocenters. The topological polar surface area (TPSA) is 40.6 Å². The lowest BCUT2D eigenvalue weighted by molar-refractivity contribution is -0.150. The van der Waals surface area contributed by atoms with Gasteiger partial charge in [-0.1, -0.05) is 149 Å². The highest BCUT2D eigenvalue weighted by Crippen LogP contribution is 2.58. The minimum Gasteiger partial charge on any atom is -0.316 e. The van der Waals surface area contributed by atoms with Crippen molar-refractivity contribution in [2.24, 2.45) is 0 Å². The Morgan fingerprint density at radius 1 is 0.692 bits per heavy atom. The lowest BCUT2D eigenvalue weighted by Crippen LogP contribution is -2.64. The van der Waals surface area contributed by atoms with Crippen LogP contribution in [0.3, 0.4) is 0 Å². The van der Waals surface area contributed by atoms with Gasteiger partial charge >= 0.3 is 0 Å². The maximum atomic E-state index is 14.2. The average molecular weight is 551 g/mol. The van der Waals surface area contributed by atoms with E-state index in [4.69, 9.17) is 0 Å². The maximum Gasteiger partial charge on any atom is 0.271 e. The first-order valence-electron chi connectivity index (χ1n) is 12.7. The molecule has 2 amide bonds. The van der Waals surface area contributed by atoms with Gasteiger partial charge in [-0.05, 0) is 22.3 Å². The van der Waals surface area contributed by atoms with Gasteiger partial charge in [0.05, 0.1) is 0 Å². The number of nitrogens with zero attached hydrogens (tertiary/aromatic N) is 2. The van der Waals surface area contributed by atoms with E-state index in [2.05, 4.69) is 43.0 Å². The molecule has 1 unspecified atom stereocenters. The largest absolute Gasteiger partial charge is 0.316 e. The fraction of sp³-hybridized carbons (Fsp3) is 0.152. The smallest absolute Gasteiger partial charge is 0.271 e. The van der Waals surface area contributed by atoms with Gasteiger partial charge in [-0.25, -0.2) is 0 Å². The van der Waals surface area contributed by atoms with Gasteiger partial charge in [0.2, 0.25) is 0 Å². The van der Waals surface area contributed by atoms with E-state index < -0.39 is 9.62 Å². The number of benzene rings is 4. The third-order valence-electron chi connectivity index (χ3n) is 7.27. The molecule has 0 aromatic heterocycles. The Balaban J connectivity index is 1.70. The van der Waals surface area contributed by atoms with Crippen LogP contribution in [0.5, 0.6) is 0 Å². The highest BCUT2D eigenvalue weighted by molar-refractivity contribution is 8.77. The molecule has 4 nitrogen and oxygen atoms in total. The third kappa shape index (κ3) is 4.79. The number of carbonyl (C=O) groups is 2. The summed E-state index contributed by atoms with van der Waals surface area (Å²) in [6, 6.07) is 40.9. The van der Waals surface area contributed by atoms with Gasteiger partial charge in [0.1, 0.15) is 10.4 Å². The summed E-state index contributed by atoms with van der Waals surface area (Å²) in [5.41, 5.74) is 4.42. The van der Waals surface area contributed by atoms with E-state index in [0.29, 0.717) is 6.42 Å². The Morgan fingerprint density at radius 3 is 1.54 bits per heavy atom. The van der Waals surface area contributed by atoms with Crippen LogP contribution in [0.25, 0.3) is 0 Å². The van der Waals surface area contributed by atoms with Gasteiger partial charge in [-0.2, -0.15) is 0 Å². The summed E-state index contributed by atoms with van der Waals surface area (Å²) in [5, 5.41) is 0. The van der Waals surface area contributed by atoms with Crippen LogP contribution >= 0.6 is 21.6 Å². The number of piperazine rings is 1. The summed E-state index contributed by atoms with van der Waals surface area (Å²) < 4.78 is -0.657. The molecule has 0 radical (unpaired) electrons. The van der Waals surface area contributed by atoms with Crippen molar-refractivity contribution in [3.8, 4) is 0 Å². The molecule has 0 bridgehead atoms. The number of amides is 2. The van der Waals surface area contributed by atoms with Gasteiger partial charge < -0.3 is 9.80 Å². The van der Waals surface area contributed by atoms with Crippen molar-refractivity contribution in [2.75, 3.05) is 14.1 Å². The Labute approximate surface area is 238 Å². The molecule has 5 rings (SSSR count). The number of carbonyl (C=O) groups excluding carboxylic acids is 2. The zero-order chi connectivity index (χ0) is 27.5. The van der Waals surface area contributed by atoms with Crippen LogP contribution in [0.4, 0.5) is 0 Å². The molecule has 4 aromatic carbocycles. The van der Waals surface area contributed by atoms with Crippen molar-refractivity contribution in [3.63, 3.8) is 0 Å². The normalized spacial score (nSPS) is 17.9. The second-order valence-corrected chi connectivity index (χ2v) is 12.2. The highest BCUT2D eigenvalue weighted by atomic mass is 33.1. The molecule has 1 saturated heterocycles. The number of hydrogen-bond donors (Lipinski definition) is 0. The Hall–Kier alpha value is -3.74. The highest BCUT2D eigenvalue weighted by Gasteiger charge is 2.54. The monoisotopic (exact) mass is 550 g/mol. The van der Waals surface area contributed by atoms with Gasteiger partial charge in [0.25, 0.3) is 11.8 Å². The maximum absolute atomic E-state index is 14.2. The third-order valence-corrected chi connectivity index (χ3v) is 11.0. The number of hydrogen-bond acceptors (Lipinski definition) is 4. The van der Waals surface area contributed by atoms with Crippen LogP contribution in [0.1, 0.15) is 22.3 Å². The van der Waals surface area contributed by atoms with E-state index in [-0.39, 0.29) is 17.5 Å². The minimum absolute atomic E-state index is 0.168. The van der Waals surface area contributed by atoms with E-state index in [0.717, 1.165) is 22.3 Å². The van der Waals surface area contributed by atoms with Gasteiger partial charge in [-0.15, -0.1) is 0 Å². The molecule has 0 aliphatic carbocycles. The first kappa shape index (κ1) is 26.9. The fourth-order valence-electron chi connectivity index (χ4n) is 5.01. The predicted molar refractivity (Wildman–Crippen MR) is 162 cm³/mol. The van der Waals surface area contributed by atoms with Crippen molar-refractivity contribution in [2.45, 2.75) is 16.0 Å². The molecule has 0 spiro atoms. The van der Waals surface area contributed by atoms with E-state index >= 15 is 0 Å². The molecule has 6 heteroatoms. The lowest BCUT2D eigenvalue weighted by Gasteiger charge is -2.48. The van der Waals surface area contributed by atoms with Gasteiger partial charge in [0.15, 0.2) is 4.87 Å². The Bertz CT molecular complexity index is 1370. The number of likely N-dealkylation sites (N-methyl/N-ethyl adjacent to an activating group) is 2. The van der Waals surface area contributed by atoms with E-state index in [1.165, 1.54) is 15.7 Å². The molecule has 1 aliphatic rings. The molecule has 196 valence electrons. The molecule has 0 N–H and O–H groups in total. The summed E-state index contributed by atoms with van der Waals surface area (Å²) in [6.45, 7) is 3.90. The first-order chi connectivity index (χ1) is 18.9. The summed E-state index contributed by atoms with van der Waals surface area (Å²) in [7, 11) is 6.41. The van der Waals surface area contributed by atoms with Crippen molar-refractivity contribution in [1.82, 2.24) is 9.80 Å². The van der Waals surface area contributed by atoms with Crippen LogP contribution in [0.15, 0.2) is 134 Å². The van der Waals surface area contributed by atoms with Gasteiger partial charge in [-0.3, -0.25) is 9.59 Å². The quantitative estimate of drug-likeness (QED) is 0.138. The van der Waals surface area contributed by atoms with Crippen molar-refractivity contribution < 1.29 is 9.59 Å². The summed E-state index contributed by atoms with van der Waals surface area (Å²) in [5.74, 6) is -0.426. The standard InChI is InChI=1S/C33H30N2O2S2/c1-25-30(36)35(3)32(31(37)34(25)2,24-26-16-8-4-9-17-26)38-39-33(27-18-10-5-11-19-27,28-20-12-6-13-21-28)29-22-14-7-15-23-29/h4-23H,1,24H2,2-3H3.